The summed E-state index contributed by atoms with van der Waals surface area (Å²) in [5, 5.41) is 0. The second-order valence-corrected chi connectivity index (χ2v) is 9.42. The third kappa shape index (κ3) is 4.26. The summed E-state index contributed by atoms with van der Waals surface area (Å²) >= 11 is 0. The fraction of sp³-hybridized carbons (Fsp3) is 0.600. The van der Waals surface area contributed by atoms with E-state index >= 15 is 0 Å². The van der Waals surface area contributed by atoms with E-state index in [1.54, 1.807) is 0 Å². The Morgan fingerprint density at radius 1 is 1.10 bits per heavy atom. The zero-order valence-corrected chi connectivity index (χ0v) is 18.8. The average molecular weight is 415 g/mol. The van der Waals surface area contributed by atoms with Crippen LogP contribution in [0.4, 0.5) is 0 Å². The molecule has 0 fully saturated rings. The summed E-state index contributed by atoms with van der Waals surface area (Å²) in [6.45, 7) is 7.39. The Morgan fingerprint density at radius 3 is 2.40 bits per heavy atom. The van der Waals surface area contributed by atoms with Crippen molar-refractivity contribution in [1.29, 1.82) is 0 Å². The first-order valence-corrected chi connectivity index (χ1v) is 10.8. The highest BCUT2D eigenvalue weighted by atomic mass is 16.5. The Balaban J connectivity index is 2.04. The van der Waals surface area contributed by atoms with Crippen LogP contribution in [0.5, 0.6) is 5.75 Å². The van der Waals surface area contributed by atoms with Crippen LogP contribution in [0.2, 0.25) is 0 Å². The largest absolute Gasteiger partial charge is 0.493 e. The molecule has 0 radical (unpaired) electrons. The van der Waals surface area contributed by atoms with Gasteiger partial charge in [0, 0.05) is 6.42 Å². The van der Waals surface area contributed by atoms with E-state index in [4.69, 9.17) is 14.2 Å². The van der Waals surface area contributed by atoms with Crippen LogP contribution in [0.15, 0.2) is 35.9 Å². The Bertz CT molecular complexity index is 807. The molecule has 0 spiro atoms. The molecule has 0 saturated heterocycles. The fourth-order valence-electron chi connectivity index (χ4n) is 5.04. The number of methoxy groups -OCH3 is 2. The number of benzene rings is 1. The van der Waals surface area contributed by atoms with E-state index in [-0.39, 0.29) is 11.8 Å². The van der Waals surface area contributed by atoms with Gasteiger partial charge in [-0.15, -0.1) is 0 Å². The van der Waals surface area contributed by atoms with Gasteiger partial charge in [-0.05, 0) is 54.6 Å². The van der Waals surface area contributed by atoms with Crippen LogP contribution in [0.1, 0.15) is 52.0 Å². The van der Waals surface area contributed by atoms with Crippen LogP contribution in [-0.2, 0) is 25.5 Å². The van der Waals surface area contributed by atoms with Crippen molar-refractivity contribution < 1.29 is 23.8 Å². The molecule has 1 heterocycles. The number of rotatable bonds is 2. The van der Waals surface area contributed by atoms with Crippen molar-refractivity contribution in [3.8, 4) is 5.75 Å². The number of carbonyl (C=O) groups is 2. The van der Waals surface area contributed by atoms with Gasteiger partial charge in [-0.1, -0.05) is 50.6 Å². The van der Waals surface area contributed by atoms with Crippen LogP contribution in [0.3, 0.4) is 0 Å². The van der Waals surface area contributed by atoms with Crippen molar-refractivity contribution in [3.05, 3.63) is 41.5 Å². The molecule has 164 valence electrons. The highest BCUT2D eigenvalue weighted by Crippen LogP contribution is 2.51. The lowest BCUT2D eigenvalue weighted by Gasteiger charge is -2.45. The van der Waals surface area contributed by atoms with Crippen molar-refractivity contribution in [2.24, 2.45) is 22.7 Å². The molecule has 5 heteroatoms. The van der Waals surface area contributed by atoms with Gasteiger partial charge >= 0.3 is 11.9 Å². The van der Waals surface area contributed by atoms with Gasteiger partial charge in [-0.2, -0.15) is 0 Å². The molecule has 5 nitrogen and oxygen atoms in total. The van der Waals surface area contributed by atoms with Crippen molar-refractivity contribution in [1.82, 2.24) is 0 Å². The van der Waals surface area contributed by atoms with E-state index in [0.717, 1.165) is 18.4 Å². The molecule has 30 heavy (non-hydrogen) atoms. The number of allylic oxidation sites excluding steroid dienone is 2. The fourth-order valence-corrected chi connectivity index (χ4v) is 5.04. The SMILES string of the molecule is COC(=O)C1(C(=O)OC)CCC2=CC(C)(C)C2CC(C)CCOc2ccccc2C1. The third-order valence-electron chi connectivity index (χ3n) is 6.87. The van der Waals surface area contributed by atoms with Crippen LogP contribution in [0, 0.1) is 22.7 Å². The van der Waals surface area contributed by atoms with Crippen LogP contribution in [-0.4, -0.2) is 32.8 Å². The third-order valence-corrected chi connectivity index (χ3v) is 6.87. The second-order valence-electron chi connectivity index (χ2n) is 9.42. The molecule has 1 aliphatic carbocycles. The molecule has 2 aliphatic rings. The first-order chi connectivity index (χ1) is 14.2. The molecule has 1 aromatic rings. The summed E-state index contributed by atoms with van der Waals surface area (Å²) in [5.41, 5.74) is 0.887. The Labute approximate surface area is 179 Å². The monoisotopic (exact) mass is 414 g/mol. The molecule has 2 atom stereocenters. The number of hydrogen-bond donors (Lipinski definition) is 0. The second kappa shape index (κ2) is 8.83. The summed E-state index contributed by atoms with van der Waals surface area (Å²) in [4.78, 5) is 26.0. The van der Waals surface area contributed by atoms with E-state index in [2.05, 4.69) is 26.8 Å². The Kier molecular flexibility index (Phi) is 6.59. The minimum Gasteiger partial charge on any atom is -0.493 e. The van der Waals surface area contributed by atoms with E-state index in [1.165, 1.54) is 19.8 Å². The average Bonchev–Trinajstić information content (AvgIpc) is 2.74. The molecular weight excluding hydrogens is 380 g/mol. The molecule has 3 rings (SSSR count). The first kappa shape index (κ1) is 22.4. The molecule has 0 aromatic heterocycles. The first-order valence-electron chi connectivity index (χ1n) is 10.8. The van der Waals surface area contributed by atoms with Gasteiger partial charge in [-0.25, -0.2) is 0 Å². The standard InChI is InChI=1S/C25H34O5/c1-17-11-13-30-21-9-7-6-8-19(21)16-25(22(26)28-4,23(27)29-5)12-10-18-15-24(2,3)20(18)14-17/h6-9,15,17,20H,10-14,16H2,1-5H3. The maximum Gasteiger partial charge on any atom is 0.323 e. The number of hydrogen-bond acceptors (Lipinski definition) is 5. The van der Waals surface area contributed by atoms with Gasteiger partial charge < -0.3 is 14.2 Å². The van der Waals surface area contributed by atoms with E-state index in [9.17, 15) is 9.59 Å². The van der Waals surface area contributed by atoms with Gasteiger partial charge in [0.05, 0.1) is 20.8 Å². The molecular formula is C25H34O5. The highest BCUT2D eigenvalue weighted by molar-refractivity contribution is 6.00. The lowest BCUT2D eigenvalue weighted by atomic mass is 9.59. The van der Waals surface area contributed by atoms with E-state index in [1.807, 2.05) is 24.3 Å². The lowest BCUT2D eigenvalue weighted by Crippen LogP contribution is -2.44. The van der Waals surface area contributed by atoms with E-state index in [0.29, 0.717) is 37.0 Å². The predicted molar refractivity (Wildman–Crippen MR) is 115 cm³/mol. The maximum atomic E-state index is 13.0. The molecule has 0 saturated carbocycles. The Morgan fingerprint density at radius 2 is 1.77 bits per heavy atom. The topological polar surface area (TPSA) is 61.8 Å². The zero-order chi connectivity index (χ0) is 21.9. The lowest BCUT2D eigenvalue weighted by molar-refractivity contribution is -0.169. The van der Waals surface area contributed by atoms with Crippen LogP contribution in [0.25, 0.3) is 0 Å². The normalized spacial score (nSPS) is 25.3. The molecule has 0 N–H and O–H groups in total. The van der Waals surface area contributed by atoms with Gasteiger partial charge in [-0.3, -0.25) is 9.59 Å². The summed E-state index contributed by atoms with van der Waals surface area (Å²) in [6.07, 6.45) is 5.56. The van der Waals surface area contributed by atoms with Gasteiger partial charge in [0.25, 0.3) is 0 Å². The number of esters is 2. The summed E-state index contributed by atoms with van der Waals surface area (Å²) in [6, 6.07) is 7.61. The maximum absolute atomic E-state index is 13.0. The zero-order valence-electron chi connectivity index (χ0n) is 18.8. The van der Waals surface area contributed by atoms with Crippen molar-refractivity contribution in [2.75, 3.05) is 20.8 Å². The highest BCUT2D eigenvalue weighted by Gasteiger charge is 2.50. The van der Waals surface area contributed by atoms with E-state index < -0.39 is 17.4 Å². The minimum absolute atomic E-state index is 0.132. The van der Waals surface area contributed by atoms with Crippen LogP contribution < -0.4 is 4.74 Å². The number of para-hydroxylation sites is 1. The molecule has 0 amide bonds. The van der Waals surface area contributed by atoms with Crippen molar-refractivity contribution in [2.45, 2.75) is 52.9 Å². The van der Waals surface area contributed by atoms with Gasteiger partial charge in [0.15, 0.2) is 5.41 Å². The summed E-state index contributed by atoms with van der Waals surface area (Å²) in [7, 11) is 2.65. The molecule has 1 aliphatic heterocycles. The molecule has 1 aromatic carbocycles. The van der Waals surface area contributed by atoms with Crippen molar-refractivity contribution >= 4 is 11.9 Å². The van der Waals surface area contributed by atoms with Gasteiger partial charge in [0.2, 0.25) is 0 Å². The molecule has 0 bridgehead atoms. The minimum atomic E-state index is -1.40. The summed E-state index contributed by atoms with van der Waals surface area (Å²) < 4.78 is 16.3. The molecule has 2 unspecified atom stereocenters. The van der Waals surface area contributed by atoms with Gasteiger partial charge in [0.1, 0.15) is 5.75 Å². The van der Waals surface area contributed by atoms with Crippen LogP contribution >= 0.6 is 0 Å². The summed E-state index contributed by atoms with van der Waals surface area (Å²) in [5.74, 6) is 0.579. The number of carbonyl (C=O) groups excluding carboxylic acids is 2. The predicted octanol–water partition coefficient (Wildman–Crippen LogP) is 4.73. The van der Waals surface area contributed by atoms with Crippen molar-refractivity contribution in [3.63, 3.8) is 0 Å². The quantitative estimate of drug-likeness (QED) is 0.398. The number of ether oxygens (including phenoxy) is 3. The Hall–Kier alpha value is -2.30. The number of fused-ring (bicyclic) bond motifs is 2. The smallest absolute Gasteiger partial charge is 0.323 e.